The Balaban J connectivity index is 1.97. The summed E-state index contributed by atoms with van der Waals surface area (Å²) in [5.74, 6) is 0. The fraction of sp³-hybridized carbons (Fsp3) is 0. The molecule has 0 heterocycles. The molecule has 0 radical (unpaired) electrons. The van der Waals surface area contributed by atoms with Gasteiger partial charge in [-0.25, -0.2) is 0 Å². The summed E-state index contributed by atoms with van der Waals surface area (Å²) in [5.41, 5.74) is 0. The topological polar surface area (TPSA) is 9.23 Å². The zero-order chi connectivity index (χ0) is 3.41. The zero-order valence-corrected chi connectivity index (χ0v) is 12.3. The number of hydrogen-bond donors (Lipinski definition) is 0. The fourth-order valence-corrected chi connectivity index (χ4v) is 0. The molecule has 0 aromatic heterocycles. The molecule has 0 aromatic carbocycles. The van der Waals surface area contributed by atoms with Crippen LogP contribution >= 0.6 is 0 Å². The Kier molecular flexibility index (Phi) is 5.61. The Hall–Kier alpha value is 1.26. The normalized spacial score (nSPS) is 12.0. The van der Waals surface area contributed by atoms with Gasteiger partial charge in [0, 0.05) is 0 Å². The summed E-state index contributed by atoms with van der Waals surface area (Å²) in [6.45, 7) is 0. The van der Waals surface area contributed by atoms with Crippen LogP contribution in [0.25, 0.3) is 0 Å². The van der Waals surface area contributed by atoms with Gasteiger partial charge in [-0.05, 0) is 0 Å². The summed E-state index contributed by atoms with van der Waals surface area (Å²) >= 11 is 0.564. The van der Waals surface area contributed by atoms with Crippen molar-refractivity contribution in [3.05, 3.63) is 0 Å². The van der Waals surface area contributed by atoms with Gasteiger partial charge in [0.15, 0.2) is 0 Å². The van der Waals surface area contributed by atoms with Crippen molar-refractivity contribution < 1.29 is 2.79 Å². The van der Waals surface area contributed by atoms with Crippen molar-refractivity contribution in [1.29, 1.82) is 0 Å². The fourth-order valence-electron chi connectivity index (χ4n) is 0. The second-order valence-corrected chi connectivity index (χ2v) is 12.3. The van der Waals surface area contributed by atoms with Crippen LogP contribution in [0.5, 0.6) is 0 Å². The van der Waals surface area contributed by atoms with Gasteiger partial charge in [-0.1, -0.05) is 0 Å². The SMILES string of the molecule is [SiH3][GeH2][O][GeH3]. The average Bonchev–Trinajstić information content (AvgIpc) is 1.37. The van der Waals surface area contributed by atoms with E-state index in [1.54, 1.807) is 0 Å². The van der Waals surface area contributed by atoms with Gasteiger partial charge in [-0.3, -0.25) is 0 Å². The van der Waals surface area contributed by atoms with E-state index in [1.165, 1.54) is 8.77 Å². The van der Waals surface area contributed by atoms with Gasteiger partial charge < -0.3 is 0 Å². The van der Waals surface area contributed by atoms with E-state index in [0.717, 1.165) is 16.9 Å². The van der Waals surface area contributed by atoms with E-state index in [9.17, 15) is 0 Å². The molecular formula is H8Ge2OSi. The number of rotatable bonds is 1. The molecule has 0 amide bonds. The third-order valence-corrected chi connectivity index (χ3v) is 23.4. The molecule has 0 aliphatic rings. The molecule has 0 atom stereocenters. The predicted octanol–water partition coefficient (Wildman–Crippen LogP) is -3.35. The van der Waals surface area contributed by atoms with Crippen molar-refractivity contribution in [3.63, 3.8) is 0 Å². The first-order valence-electron chi connectivity index (χ1n) is 1.40. The van der Waals surface area contributed by atoms with Crippen LogP contribution in [0.3, 0.4) is 0 Å². The molecule has 4 heteroatoms. The number of hydrogen-bond acceptors (Lipinski definition) is 1. The third kappa shape index (κ3) is 3.26. The van der Waals surface area contributed by atoms with Crippen LogP contribution in [0, 0.1) is 0 Å². The van der Waals surface area contributed by atoms with Crippen LogP contribution in [-0.2, 0) is 2.79 Å². The Morgan fingerprint density at radius 2 is 2.25 bits per heavy atom. The van der Waals surface area contributed by atoms with Crippen LogP contribution in [0.1, 0.15) is 0 Å². The molecule has 0 N–H and O–H groups in total. The van der Waals surface area contributed by atoms with Gasteiger partial charge in [-0.2, -0.15) is 0 Å². The van der Waals surface area contributed by atoms with E-state index in [0.29, 0.717) is 0 Å². The standard InChI is InChI=1S/Ge2H8OSi/c1-3-2-4/h2H2,1,4H3. The molecule has 0 saturated heterocycles. The van der Waals surface area contributed by atoms with Gasteiger partial charge in [0.1, 0.15) is 0 Å². The van der Waals surface area contributed by atoms with Gasteiger partial charge in [0.25, 0.3) is 0 Å². The first-order valence-corrected chi connectivity index (χ1v) is 14.6. The zero-order valence-electron chi connectivity index (χ0n) is 3.12. The van der Waals surface area contributed by atoms with E-state index in [2.05, 4.69) is 0 Å². The molecule has 0 aliphatic carbocycles. The van der Waals surface area contributed by atoms with Crippen molar-refractivity contribution >= 4 is 40.7 Å². The summed E-state index contributed by atoms with van der Waals surface area (Å²) in [6, 6.07) is 0. The minimum absolute atomic E-state index is 0.167. The van der Waals surface area contributed by atoms with Gasteiger partial charge >= 0.3 is 43.5 Å². The van der Waals surface area contributed by atoms with Crippen molar-refractivity contribution in [2.24, 2.45) is 0 Å². The summed E-state index contributed by atoms with van der Waals surface area (Å²) in [4.78, 5) is 0. The van der Waals surface area contributed by atoms with Crippen LogP contribution < -0.4 is 0 Å². The van der Waals surface area contributed by atoms with Crippen molar-refractivity contribution in [2.45, 2.75) is 0 Å². The molecule has 0 aromatic rings. The van der Waals surface area contributed by atoms with Crippen LogP contribution in [-0.4, -0.2) is 40.7 Å². The maximum atomic E-state index is 4.98. The molecule has 0 rings (SSSR count). The summed E-state index contributed by atoms with van der Waals surface area (Å²) in [6.07, 6.45) is 0. The second-order valence-electron chi connectivity index (χ2n) is 0.577. The van der Waals surface area contributed by atoms with E-state index in [-0.39, 0.29) is 15.1 Å². The molecule has 1 nitrogen and oxygen atoms in total. The Bertz CT molecular complexity index is 8.00. The van der Waals surface area contributed by atoms with E-state index >= 15 is 0 Å². The van der Waals surface area contributed by atoms with Crippen molar-refractivity contribution in [3.8, 4) is 0 Å². The predicted molar refractivity (Wildman–Crippen MR) is 29.5 cm³/mol. The van der Waals surface area contributed by atoms with E-state index < -0.39 is 0 Å². The molecule has 26 valence electrons. The Labute approximate surface area is 43.7 Å². The quantitative estimate of drug-likeness (QED) is 0.399. The molecule has 0 unspecified atom stereocenters. The van der Waals surface area contributed by atoms with Gasteiger partial charge in [0.2, 0.25) is 0 Å². The van der Waals surface area contributed by atoms with Crippen molar-refractivity contribution in [2.75, 3.05) is 0 Å². The van der Waals surface area contributed by atoms with Crippen molar-refractivity contribution in [1.82, 2.24) is 0 Å². The van der Waals surface area contributed by atoms with Crippen LogP contribution in [0.4, 0.5) is 0 Å². The maximum absolute atomic E-state index is 4.98. The Morgan fingerprint density at radius 3 is 2.25 bits per heavy atom. The molecule has 0 saturated carbocycles. The summed E-state index contributed by atoms with van der Waals surface area (Å²) in [7, 11) is 1.40. The van der Waals surface area contributed by atoms with E-state index in [4.69, 9.17) is 2.79 Å². The summed E-state index contributed by atoms with van der Waals surface area (Å²) in [5, 5.41) is 0. The first-order chi connectivity index (χ1) is 1.91. The molecule has 4 heavy (non-hydrogen) atoms. The van der Waals surface area contributed by atoms with E-state index in [1.807, 2.05) is 0 Å². The molecule has 0 aliphatic heterocycles. The van der Waals surface area contributed by atoms with Crippen LogP contribution in [0.2, 0.25) is 0 Å². The molecule has 0 fully saturated rings. The molecule has 0 spiro atoms. The van der Waals surface area contributed by atoms with Gasteiger partial charge in [-0.15, -0.1) is 0 Å². The van der Waals surface area contributed by atoms with Gasteiger partial charge in [0.05, 0.1) is 0 Å². The van der Waals surface area contributed by atoms with Crippen LogP contribution in [0.15, 0.2) is 0 Å². The second kappa shape index (κ2) is 4.26. The Morgan fingerprint density at radius 1 is 2.00 bits per heavy atom. The third-order valence-electron chi connectivity index (χ3n) is 0.289. The average molecular weight is 197 g/mol. The first kappa shape index (κ1) is 5.26. The summed E-state index contributed by atoms with van der Waals surface area (Å²) < 4.78 is 4.98. The molecule has 0 bridgehead atoms. The monoisotopic (exact) mass is 200 g/mol. The minimum atomic E-state index is -0.167. The molecular weight excluding hydrogens is 189 g/mol.